The molecule has 0 radical (unpaired) electrons. The first kappa shape index (κ1) is 19.6. The molecule has 29 heavy (non-hydrogen) atoms. The van der Waals surface area contributed by atoms with Gasteiger partial charge in [-0.1, -0.05) is 0 Å². The molecule has 0 aromatic carbocycles. The van der Waals surface area contributed by atoms with Crippen LogP contribution < -0.4 is 16.2 Å². The summed E-state index contributed by atoms with van der Waals surface area (Å²) in [6.45, 7) is 6.48. The normalized spacial score (nSPS) is 20.1. The Morgan fingerprint density at radius 3 is 2.79 bits per heavy atom. The second-order valence-electron chi connectivity index (χ2n) is 7.67. The minimum atomic E-state index is -0.379. The third-order valence-electron chi connectivity index (χ3n) is 5.56. The van der Waals surface area contributed by atoms with E-state index in [1.807, 2.05) is 30.2 Å². The van der Waals surface area contributed by atoms with Crippen molar-refractivity contribution in [1.82, 2.24) is 25.1 Å². The molecule has 4 rings (SSSR count). The van der Waals surface area contributed by atoms with Crippen LogP contribution in [-0.4, -0.2) is 46.0 Å². The van der Waals surface area contributed by atoms with E-state index in [2.05, 4.69) is 15.6 Å². The highest BCUT2D eigenvalue weighted by Crippen LogP contribution is 2.35. The number of hydrogen-bond acceptors (Lipinski definition) is 5. The summed E-state index contributed by atoms with van der Waals surface area (Å²) in [7, 11) is 0. The van der Waals surface area contributed by atoms with Crippen molar-refractivity contribution in [3.63, 3.8) is 0 Å². The Hall–Kier alpha value is -2.68. The van der Waals surface area contributed by atoms with Gasteiger partial charge >= 0.3 is 6.03 Å². The van der Waals surface area contributed by atoms with Gasteiger partial charge < -0.3 is 20.1 Å². The van der Waals surface area contributed by atoms with Gasteiger partial charge in [-0.25, -0.2) is 9.78 Å². The molecule has 0 unspecified atom stereocenters. The van der Waals surface area contributed by atoms with Gasteiger partial charge in [0.15, 0.2) is 0 Å². The fourth-order valence-corrected chi connectivity index (χ4v) is 4.92. The number of likely N-dealkylation sites (tertiary alicyclic amines) is 1. The Morgan fingerprint density at radius 1 is 1.24 bits per heavy atom. The molecule has 2 bridgehead atoms. The van der Waals surface area contributed by atoms with Crippen LogP contribution in [0.1, 0.15) is 46.0 Å². The number of rotatable bonds is 4. The molecule has 2 aromatic rings. The monoisotopic (exact) mass is 415 g/mol. The largest absolute Gasteiger partial charge is 0.346 e. The summed E-state index contributed by atoms with van der Waals surface area (Å²) in [5.41, 5.74) is 1.60. The molecular formula is C20H25N5O3S. The molecule has 8 nitrogen and oxygen atoms in total. The van der Waals surface area contributed by atoms with Crippen molar-refractivity contribution < 1.29 is 9.59 Å². The SMILES string of the molecule is CCNC(=O)N1C[C@@H]2C[C@H](C1)c1ccc(C(=O)NCc3csc(C)n3)c(=O)n1C2. The lowest BCUT2D eigenvalue weighted by atomic mass is 9.83. The Morgan fingerprint density at radius 2 is 2.07 bits per heavy atom. The quantitative estimate of drug-likeness (QED) is 0.794. The number of carbonyl (C=O) groups is 2. The predicted molar refractivity (Wildman–Crippen MR) is 110 cm³/mol. The van der Waals surface area contributed by atoms with Crippen molar-refractivity contribution in [2.45, 2.75) is 39.3 Å². The van der Waals surface area contributed by atoms with E-state index in [4.69, 9.17) is 0 Å². The number of aryl methyl sites for hydroxylation is 1. The van der Waals surface area contributed by atoms with Gasteiger partial charge in [0.1, 0.15) is 5.56 Å². The summed E-state index contributed by atoms with van der Waals surface area (Å²) in [5.74, 6) is -0.0404. The second-order valence-corrected chi connectivity index (χ2v) is 8.73. The third-order valence-corrected chi connectivity index (χ3v) is 6.38. The maximum atomic E-state index is 13.0. The molecule has 2 atom stereocenters. The van der Waals surface area contributed by atoms with Crippen LogP contribution in [-0.2, 0) is 13.1 Å². The molecule has 2 aromatic heterocycles. The Bertz CT molecular complexity index is 998. The lowest BCUT2D eigenvalue weighted by Gasteiger charge is -2.42. The predicted octanol–water partition coefficient (Wildman–Crippen LogP) is 1.69. The number of thiazole rings is 1. The number of aromatic nitrogens is 2. The number of carbonyl (C=O) groups excluding carboxylic acids is 2. The molecular weight excluding hydrogens is 390 g/mol. The average Bonchev–Trinajstić information content (AvgIpc) is 3.12. The van der Waals surface area contributed by atoms with Crippen molar-refractivity contribution in [3.05, 3.63) is 49.8 Å². The van der Waals surface area contributed by atoms with Gasteiger partial charge in [-0.2, -0.15) is 0 Å². The molecule has 9 heteroatoms. The molecule has 154 valence electrons. The number of hydrogen-bond donors (Lipinski definition) is 2. The lowest BCUT2D eigenvalue weighted by molar-refractivity contribution is 0.0946. The molecule has 2 N–H and O–H groups in total. The highest BCUT2D eigenvalue weighted by atomic mass is 32.1. The number of fused-ring (bicyclic) bond motifs is 4. The number of nitrogens with one attached hydrogen (secondary N) is 2. The molecule has 4 heterocycles. The zero-order valence-corrected chi connectivity index (χ0v) is 17.4. The molecule has 1 fully saturated rings. The first-order valence-corrected chi connectivity index (χ1v) is 10.8. The van der Waals surface area contributed by atoms with Crippen LogP contribution in [0.5, 0.6) is 0 Å². The van der Waals surface area contributed by atoms with Crippen molar-refractivity contribution in [1.29, 1.82) is 0 Å². The molecule has 0 aliphatic carbocycles. The second kappa shape index (κ2) is 7.98. The third kappa shape index (κ3) is 3.91. The summed E-state index contributed by atoms with van der Waals surface area (Å²) in [5, 5.41) is 8.49. The van der Waals surface area contributed by atoms with Gasteiger partial charge in [0, 0.05) is 43.2 Å². The Kier molecular flexibility index (Phi) is 5.40. The van der Waals surface area contributed by atoms with E-state index in [1.165, 1.54) is 11.3 Å². The Labute approximate surface area is 172 Å². The van der Waals surface area contributed by atoms with Gasteiger partial charge in [-0.3, -0.25) is 9.59 Å². The van der Waals surface area contributed by atoms with E-state index < -0.39 is 0 Å². The summed E-state index contributed by atoms with van der Waals surface area (Å²) in [6, 6.07) is 3.43. The molecule has 2 aliphatic heterocycles. The maximum absolute atomic E-state index is 13.0. The van der Waals surface area contributed by atoms with Gasteiger partial charge in [-0.15, -0.1) is 11.3 Å². The summed E-state index contributed by atoms with van der Waals surface area (Å²) >= 11 is 1.53. The number of piperidine rings is 1. The highest BCUT2D eigenvalue weighted by Gasteiger charge is 2.36. The minimum absolute atomic E-state index is 0.0497. The first-order valence-electron chi connectivity index (χ1n) is 9.92. The molecule has 0 saturated carbocycles. The van der Waals surface area contributed by atoms with Crippen LogP contribution >= 0.6 is 11.3 Å². The fraction of sp³-hybridized carbons (Fsp3) is 0.500. The van der Waals surface area contributed by atoms with E-state index in [1.54, 1.807) is 10.6 Å². The van der Waals surface area contributed by atoms with E-state index in [-0.39, 0.29) is 34.9 Å². The smallest absolute Gasteiger partial charge is 0.317 e. The highest BCUT2D eigenvalue weighted by molar-refractivity contribution is 7.09. The summed E-state index contributed by atoms with van der Waals surface area (Å²) in [4.78, 5) is 44.0. The maximum Gasteiger partial charge on any atom is 0.317 e. The first-order chi connectivity index (χ1) is 14.0. The van der Waals surface area contributed by atoms with Crippen molar-refractivity contribution >= 4 is 23.3 Å². The fourth-order valence-electron chi connectivity index (χ4n) is 4.30. The number of amides is 3. The zero-order chi connectivity index (χ0) is 20.5. The molecule has 1 saturated heterocycles. The van der Waals surface area contributed by atoms with Crippen LogP contribution in [0.3, 0.4) is 0 Å². The lowest BCUT2D eigenvalue weighted by Crippen LogP contribution is -2.52. The number of urea groups is 1. The van der Waals surface area contributed by atoms with Crippen LogP contribution in [0.2, 0.25) is 0 Å². The molecule has 0 spiro atoms. The van der Waals surface area contributed by atoms with Gasteiger partial charge in [-0.05, 0) is 38.3 Å². The van der Waals surface area contributed by atoms with E-state index in [9.17, 15) is 14.4 Å². The van der Waals surface area contributed by atoms with Crippen molar-refractivity contribution in [3.8, 4) is 0 Å². The van der Waals surface area contributed by atoms with Crippen LogP contribution in [0.15, 0.2) is 22.3 Å². The molecule has 3 amide bonds. The zero-order valence-electron chi connectivity index (χ0n) is 16.6. The van der Waals surface area contributed by atoms with Gasteiger partial charge in [0.2, 0.25) is 0 Å². The van der Waals surface area contributed by atoms with Crippen molar-refractivity contribution in [2.75, 3.05) is 19.6 Å². The summed E-state index contributed by atoms with van der Waals surface area (Å²) in [6.07, 6.45) is 0.962. The van der Waals surface area contributed by atoms with E-state index in [0.29, 0.717) is 32.7 Å². The topological polar surface area (TPSA) is 96.3 Å². The van der Waals surface area contributed by atoms with Gasteiger partial charge in [0.05, 0.1) is 17.2 Å². The van der Waals surface area contributed by atoms with Crippen LogP contribution in [0, 0.1) is 12.8 Å². The Balaban J connectivity index is 1.52. The average molecular weight is 416 g/mol. The number of pyridine rings is 1. The molecule has 2 aliphatic rings. The van der Waals surface area contributed by atoms with Crippen molar-refractivity contribution in [2.24, 2.45) is 5.92 Å². The van der Waals surface area contributed by atoms with Crippen LogP contribution in [0.25, 0.3) is 0 Å². The van der Waals surface area contributed by atoms with E-state index >= 15 is 0 Å². The minimum Gasteiger partial charge on any atom is -0.346 e. The van der Waals surface area contributed by atoms with E-state index in [0.717, 1.165) is 22.8 Å². The summed E-state index contributed by atoms with van der Waals surface area (Å²) < 4.78 is 1.73. The van der Waals surface area contributed by atoms with Gasteiger partial charge in [0.25, 0.3) is 11.5 Å². The number of nitrogens with zero attached hydrogens (tertiary/aromatic N) is 3. The standard InChI is InChI=1S/C20H25N5O3S/c1-3-21-20(28)24-8-13-6-14(10-24)17-5-4-16(19(27)25(17)9-13)18(26)22-7-15-11-29-12(2)23-15/h4-5,11,13-14H,3,6-10H2,1-2H3,(H,21,28)(H,22,26)/t13-,14+/m0/s1. The van der Waals surface area contributed by atoms with Crippen LogP contribution in [0.4, 0.5) is 4.79 Å².